The van der Waals surface area contributed by atoms with Crippen LogP contribution in [0, 0.1) is 5.41 Å². The number of carboxylic acid groups (broad SMARTS) is 1. The highest BCUT2D eigenvalue weighted by atomic mass is 16.5. The fourth-order valence-corrected chi connectivity index (χ4v) is 2.16. The summed E-state index contributed by atoms with van der Waals surface area (Å²) in [6.07, 6.45) is 1.50. The minimum absolute atomic E-state index is 0.221. The van der Waals surface area contributed by atoms with Crippen molar-refractivity contribution in [3.8, 4) is 5.75 Å². The lowest BCUT2D eigenvalue weighted by Crippen LogP contribution is -2.35. The van der Waals surface area contributed by atoms with E-state index in [4.69, 9.17) is 9.84 Å². The predicted octanol–water partition coefficient (Wildman–Crippen LogP) is 3.16. The van der Waals surface area contributed by atoms with Gasteiger partial charge in [-0.25, -0.2) is 4.79 Å². The summed E-state index contributed by atoms with van der Waals surface area (Å²) >= 11 is 0. The van der Waals surface area contributed by atoms with E-state index in [1.807, 2.05) is 27.7 Å². The normalized spacial score (nSPS) is 12.0. The second kappa shape index (κ2) is 5.43. The summed E-state index contributed by atoms with van der Waals surface area (Å²) in [4.78, 5) is 21.7. The molecule has 0 saturated carbocycles. The lowest BCUT2D eigenvalue weighted by molar-refractivity contribution is -0.117. The molecule has 19 heavy (non-hydrogen) atoms. The topological polar surface area (TPSA) is 63.6 Å². The Morgan fingerprint density at radius 3 is 2.16 bits per heavy atom. The molecule has 0 aliphatic carbocycles. The number of hydrogen-bond donors (Lipinski definition) is 1. The summed E-state index contributed by atoms with van der Waals surface area (Å²) in [5.74, 6) is -0.371. The molecule has 0 unspecified atom stereocenters. The van der Waals surface area contributed by atoms with Crippen LogP contribution < -0.4 is 4.74 Å². The molecule has 1 rings (SSSR count). The third-order valence-electron chi connectivity index (χ3n) is 2.70. The highest BCUT2D eigenvalue weighted by Gasteiger charge is 2.30. The Balaban J connectivity index is 2.77. The molecule has 0 heterocycles. The molecule has 0 aliphatic rings. The average Bonchev–Trinajstić information content (AvgIpc) is 2.27. The minimum atomic E-state index is -0.965. The third kappa shape index (κ3) is 4.73. The van der Waals surface area contributed by atoms with E-state index in [9.17, 15) is 9.59 Å². The van der Waals surface area contributed by atoms with E-state index >= 15 is 0 Å². The molecule has 0 saturated heterocycles. The first kappa shape index (κ1) is 15.2. The number of aromatic carboxylic acids is 1. The van der Waals surface area contributed by atoms with Crippen LogP contribution in [0.2, 0.25) is 0 Å². The monoisotopic (exact) mass is 264 g/mol. The van der Waals surface area contributed by atoms with Gasteiger partial charge in [0.25, 0.3) is 0 Å². The Labute approximate surface area is 113 Å². The van der Waals surface area contributed by atoms with Crippen molar-refractivity contribution in [2.75, 3.05) is 0 Å². The van der Waals surface area contributed by atoms with Crippen LogP contribution in [0.3, 0.4) is 0 Å². The summed E-state index contributed by atoms with van der Waals surface area (Å²) in [5.41, 5.74) is -0.738. The molecule has 1 N–H and O–H groups in total. The summed E-state index contributed by atoms with van der Waals surface area (Å²) in [7, 11) is 0. The quantitative estimate of drug-likeness (QED) is 0.802. The Kier molecular flexibility index (Phi) is 4.35. The van der Waals surface area contributed by atoms with Crippen molar-refractivity contribution in [3.63, 3.8) is 0 Å². The van der Waals surface area contributed by atoms with Gasteiger partial charge in [0.2, 0.25) is 0 Å². The molecule has 0 aromatic heterocycles. The SMILES string of the molecule is CC(C)(C=O)CC(C)(C)Oc1ccc(C(=O)O)cc1. The first-order valence-corrected chi connectivity index (χ1v) is 6.14. The number of carboxylic acids is 1. The summed E-state index contributed by atoms with van der Waals surface area (Å²) in [5, 5.41) is 8.81. The van der Waals surface area contributed by atoms with Gasteiger partial charge in [0, 0.05) is 5.41 Å². The first-order chi connectivity index (χ1) is 8.65. The smallest absolute Gasteiger partial charge is 0.335 e. The number of ether oxygens (including phenoxy) is 1. The van der Waals surface area contributed by atoms with Gasteiger partial charge in [0.05, 0.1) is 5.56 Å². The molecule has 0 amide bonds. The molecule has 0 fully saturated rings. The first-order valence-electron chi connectivity index (χ1n) is 6.14. The Morgan fingerprint density at radius 1 is 1.21 bits per heavy atom. The standard InChI is InChI=1S/C15H20O4/c1-14(2,10-16)9-15(3,4)19-12-7-5-11(6-8-12)13(17)18/h5-8,10H,9H2,1-4H3,(H,17,18). The predicted molar refractivity (Wildman–Crippen MR) is 72.6 cm³/mol. The zero-order valence-corrected chi connectivity index (χ0v) is 11.8. The fourth-order valence-electron chi connectivity index (χ4n) is 2.16. The van der Waals surface area contributed by atoms with Gasteiger partial charge in [-0.3, -0.25) is 0 Å². The number of benzene rings is 1. The van der Waals surface area contributed by atoms with Crippen LogP contribution in [0.4, 0.5) is 0 Å². The van der Waals surface area contributed by atoms with Crippen LogP contribution >= 0.6 is 0 Å². The number of aldehydes is 1. The van der Waals surface area contributed by atoms with E-state index in [0.29, 0.717) is 12.2 Å². The van der Waals surface area contributed by atoms with Crippen molar-refractivity contribution < 1.29 is 19.4 Å². The van der Waals surface area contributed by atoms with Gasteiger partial charge in [0.15, 0.2) is 0 Å². The maximum atomic E-state index is 11.0. The number of carbonyl (C=O) groups excluding carboxylic acids is 1. The number of rotatable bonds is 6. The van der Waals surface area contributed by atoms with Gasteiger partial charge in [-0.2, -0.15) is 0 Å². The van der Waals surface area contributed by atoms with Gasteiger partial charge < -0.3 is 14.6 Å². The van der Waals surface area contributed by atoms with E-state index in [-0.39, 0.29) is 5.56 Å². The Bertz CT molecular complexity index is 458. The van der Waals surface area contributed by atoms with Crippen molar-refractivity contribution in [1.82, 2.24) is 0 Å². The van der Waals surface area contributed by atoms with E-state index in [1.165, 1.54) is 12.1 Å². The van der Waals surface area contributed by atoms with E-state index in [1.54, 1.807) is 12.1 Å². The van der Waals surface area contributed by atoms with Gasteiger partial charge in [-0.1, -0.05) is 13.8 Å². The van der Waals surface area contributed by atoms with Crippen molar-refractivity contribution in [1.29, 1.82) is 0 Å². The van der Waals surface area contributed by atoms with E-state index < -0.39 is 17.0 Å². The molecule has 1 aromatic carbocycles. The van der Waals surface area contributed by atoms with Crippen LogP contribution in [-0.4, -0.2) is 23.0 Å². The van der Waals surface area contributed by atoms with Crippen molar-refractivity contribution in [2.45, 2.75) is 39.7 Å². The molecule has 0 aliphatic heterocycles. The largest absolute Gasteiger partial charge is 0.488 e. The van der Waals surface area contributed by atoms with Crippen LogP contribution in [0.25, 0.3) is 0 Å². The highest BCUT2D eigenvalue weighted by Crippen LogP contribution is 2.30. The molecule has 1 aromatic rings. The second-order valence-electron chi connectivity index (χ2n) is 5.97. The molecular weight excluding hydrogens is 244 g/mol. The molecule has 0 radical (unpaired) electrons. The highest BCUT2D eigenvalue weighted by molar-refractivity contribution is 5.87. The van der Waals surface area contributed by atoms with Crippen LogP contribution in [0.5, 0.6) is 5.75 Å². The Morgan fingerprint density at radius 2 is 1.74 bits per heavy atom. The van der Waals surface area contributed by atoms with Crippen LogP contribution in [0.15, 0.2) is 24.3 Å². The van der Waals surface area contributed by atoms with Gasteiger partial charge >= 0.3 is 5.97 Å². The number of carbonyl (C=O) groups is 2. The van der Waals surface area contributed by atoms with Crippen molar-refractivity contribution in [3.05, 3.63) is 29.8 Å². The minimum Gasteiger partial charge on any atom is -0.488 e. The summed E-state index contributed by atoms with van der Waals surface area (Å²) in [6.45, 7) is 7.53. The maximum absolute atomic E-state index is 11.0. The average molecular weight is 264 g/mol. The van der Waals surface area contributed by atoms with Crippen LogP contribution in [0.1, 0.15) is 44.5 Å². The van der Waals surface area contributed by atoms with E-state index in [2.05, 4.69) is 0 Å². The van der Waals surface area contributed by atoms with Gasteiger partial charge in [-0.05, 0) is 44.5 Å². The van der Waals surface area contributed by atoms with Crippen molar-refractivity contribution >= 4 is 12.3 Å². The fraction of sp³-hybridized carbons (Fsp3) is 0.467. The Hall–Kier alpha value is -1.84. The lowest BCUT2D eigenvalue weighted by Gasteiger charge is -2.32. The second-order valence-corrected chi connectivity index (χ2v) is 5.97. The summed E-state index contributed by atoms with van der Waals surface area (Å²) in [6, 6.07) is 6.25. The van der Waals surface area contributed by atoms with Gasteiger partial charge in [-0.15, -0.1) is 0 Å². The number of hydrogen-bond acceptors (Lipinski definition) is 3. The van der Waals surface area contributed by atoms with Gasteiger partial charge in [0.1, 0.15) is 17.6 Å². The third-order valence-corrected chi connectivity index (χ3v) is 2.70. The molecule has 0 bridgehead atoms. The molecule has 0 atom stereocenters. The molecule has 104 valence electrons. The maximum Gasteiger partial charge on any atom is 0.335 e. The molecule has 4 heteroatoms. The molecule has 0 spiro atoms. The summed E-state index contributed by atoms with van der Waals surface area (Å²) < 4.78 is 5.82. The van der Waals surface area contributed by atoms with Crippen LogP contribution in [-0.2, 0) is 4.79 Å². The molecular formula is C15H20O4. The lowest BCUT2D eigenvalue weighted by atomic mass is 9.83. The van der Waals surface area contributed by atoms with E-state index in [0.717, 1.165) is 6.29 Å². The molecule has 4 nitrogen and oxygen atoms in total. The van der Waals surface area contributed by atoms with Crippen molar-refractivity contribution in [2.24, 2.45) is 5.41 Å². The zero-order chi connectivity index (χ0) is 14.7. The zero-order valence-electron chi connectivity index (χ0n) is 11.8.